The highest BCUT2D eigenvalue weighted by molar-refractivity contribution is 14.1. The summed E-state index contributed by atoms with van der Waals surface area (Å²) in [6.07, 6.45) is 9.55. The third-order valence-corrected chi connectivity index (χ3v) is 7.88. The minimum atomic E-state index is 0.253. The van der Waals surface area contributed by atoms with Crippen molar-refractivity contribution in [2.24, 2.45) is 0 Å². The largest absolute Gasteiger partial charge is 0.282 e. The van der Waals surface area contributed by atoms with Crippen molar-refractivity contribution in [3.05, 3.63) is 52.6 Å². The average molecular weight is 455 g/mol. The first-order valence-electron chi connectivity index (χ1n) is 9.77. The predicted octanol–water partition coefficient (Wildman–Crippen LogP) is 7.30. The van der Waals surface area contributed by atoms with Gasteiger partial charge in [0.25, 0.3) is 0 Å². The molecule has 0 fully saturated rings. The molecular formula is C24H26IN. The number of fused-ring (bicyclic) bond motifs is 6. The molecule has 0 spiro atoms. The number of nitrogens with zero attached hydrogens (tertiary/aromatic N) is 1. The highest BCUT2D eigenvalue weighted by Crippen LogP contribution is 2.49. The van der Waals surface area contributed by atoms with E-state index in [2.05, 4.69) is 89.8 Å². The van der Waals surface area contributed by atoms with Crippen molar-refractivity contribution in [2.75, 3.05) is 0 Å². The van der Waals surface area contributed by atoms with Crippen LogP contribution >= 0.6 is 22.9 Å². The molecule has 1 heterocycles. The minimum absolute atomic E-state index is 0.253. The molecule has 0 unspecified atom stereocenters. The van der Waals surface area contributed by atoms with E-state index in [1.54, 1.807) is 11.1 Å². The van der Waals surface area contributed by atoms with E-state index in [0.717, 1.165) is 6.42 Å². The minimum Gasteiger partial charge on any atom is -0.282 e. The summed E-state index contributed by atoms with van der Waals surface area (Å²) in [5.74, 6) is 0. The number of hydrogen-bond donors (Lipinski definition) is 0. The molecule has 0 saturated carbocycles. The monoisotopic (exact) mass is 455 g/mol. The highest BCUT2D eigenvalue weighted by Gasteiger charge is 2.37. The molecule has 0 saturated heterocycles. The Morgan fingerprint density at radius 1 is 0.923 bits per heavy atom. The summed E-state index contributed by atoms with van der Waals surface area (Å²) in [6.45, 7) is 9.67. The lowest BCUT2D eigenvalue weighted by atomic mass is 9.63. The molecule has 0 aliphatic heterocycles. The third-order valence-electron chi connectivity index (χ3n) is 6.84. The summed E-state index contributed by atoms with van der Waals surface area (Å²) < 4.78 is 2.38. The van der Waals surface area contributed by atoms with E-state index in [4.69, 9.17) is 0 Å². The summed E-state index contributed by atoms with van der Waals surface area (Å²) >= 11 is 2.49. The quantitative estimate of drug-likeness (QED) is 0.314. The maximum atomic E-state index is 2.53. The van der Waals surface area contributed by atoms with Crippen molar-refractivity contribution in [1.29, 1.82) is 0 Å². The second-order valence-electron chi connectivity index (χ2n) is 9.44. The van der Waals surface area contributed by atoms with Crippen LogP contribution in [0.25, 0.3) is 27.9 Å². The van der Waals surface area contributed by atoms with E-state index in [-0.39, 0.29) is 10.8 Å². The molecular weight excluding hydrogens is 429 g/mol. The predicted molar refractivity (Wildman–Crippen MR) is 122 cm³/mol. The number of aromatic nitrogens is 1. The molecule has 5 rings (SSSR count). The summed E-state index contributed by atoms with van der Waals surface area (Å²) in [5, 5.41) is 2.88. The van der Waals surface area contributed by atoms with Crippen LogP contribution in [0.1, 0.15) is 69.2 Å². The normalized spacial score (nSPS) is 20.3. The SMILES string of the molecule is CC1(C)CCC(C)(C)c2cc3c(cc21)c1c2c(ccc1n3I)CCC=C2. The second kappa shape index (κ2) is 5.37. The fourth-order valence-electron chi connectivity index (χ4n) is 5.04. The lowest BCUT2D eigenvalue weighted by Crippen LogP contribution is -2.33. The molecule has 134 valence electrons. The maximum Gasteiger partial charge on any atom is 0.0646 e. The molecule has 0 amide bonds. The summed E-state index contributed by atoms with van der Waals surface area (Å²) in [4.78, 5) is 0. The molecule has 1 aromatic heterocycles. The van der Waals surface area contributed by atoms with Gasteiger partial charge in [-0.15, -0.1) is 0 Å². The molecule has 26 heavy (non-hydrogen) atoms. The smallest absolute Gasteiger partial charge is 0.0646 e. The van der Waals surface area contributed by atoms with Gasteiger partial charge in [-0.2, -0.15) is 0 Å². The van der Waals surface area contributed by atoms with Gasteiger partial charge in [-0.1, -0.05) is 45.9 Å². The fourth-order valence-corrected chi connectivity index (χ4v) is 5.84. The Balaban J connectivity index is 1.95. The first-order valence-corrected chi connectivity index (χ1v) is 10.7. The fraction of sp³-hybridized carbons (Fsp3) is 0.417. The van der Waals surface area contributed by atoms with Crippen molar-refractivity contribution in [2.45, 2.75) is 64.2 Å². The number of benzene rings is 2. The molecule has 2 aliphatic rings. The van der Waals surface area contributed by atoms with Crippen molar-refractivity contribution >= 4 is 50.7 Å². The molecule has 0 N–H and O–H groups in total. The number of halogens is 1. The van der Waals surface area contributed by atoms with Crippen LogP contribution in [-0.2, 0) is 17.3 Å². The summed E-state index contributed by atoms with van der Waals surface area (Å²) in [6, 6.07) is 9.70. The van der Waals surface area contributed by atoms with Crippen molar-refractivity contribution < 1.29 is 0 Å². The van der Waals surface area contributed by atoms with Crippen LogP contribution in [0.5, 0.6) is 0 Å². The average Bonchev–Trinajstić information content (AvgIpc) is 2.91. The maximum absolute atomic E-state index is 2.53. The van der Waals surface area contributed by atoms with Crippen LogP contribution in [0.15, 0.2) is 30.3 Å². The molecule has 2 heteroatoms. The van der Waals surface area contributed by atoms with Gasteiger partial charge in [-0.05, 0) is 77.0 Å². The van der Waals surface area contributed by atoms with Crippen LogP contribution < -0.4 is 0 Å². The Hall–Kier alpha value is -1.29. The molecule has 0 radical (unpaired) electrons. The number of rotatable bonds is 0. The van der Waals surface area contributed by atoms with E-state index in [0.29, 0.717) is 0 Å². The summed E-state index contributed by atoms with van der Waals surface area (Å²) in [5.41, 5.74) is 9.29. The molecule has 0 atom stereocenters. The number of hydrogen-bond acceptors (Lipinski definition) is 0. The van der Waals surface area contributed by atoms with E-state index in [1.165, 1.54) is 52.2 Å². The van der Waals surface area contributed by atoms with Gasteiger partial charge in [0.2, 0.25) is 0 Å². The lowest BCUT2D eigenvalue weighted by molar-refractivity contribution is 0.332. The van der Waals surface area contributed by atoms with Gasteiger partial charge in [-0.25, -0.2) is 0 Å². The molecule has 2 aliphatic carbocycles. The Morgan fingerprint density at radius 2 is 1.62 bits per heavy atom. The van der Waals surface area contributed by atoms with Crippen molar-refractivity contribution in [3.8, 4) is 0 Å². The second-order valence-corrected chi connectivity index (χ2v) is 10.4. The van der Waals surface area contributed by atoms with Crippen LogP contribution in [0.2, 0.25) is 0 Å². The van der Waals surface area contributed by atoms with Crippen LogP contribution in [-0.4, -0.2) is 2.78 Å². The molecule has 1 nitrogen and oxygen atoms in total. The van der Waals surface area contributed by atoms with Crippen LogP contribution in [0.4, 0.5) is 0 Å². The van der Waals surface area contributed by atoms with E-state index >= 15 is 0 Å². The Kier molecular flexibility index (Phi) is 3.48. The molecule has 3 aromatic rings. The third kappa shape index (κ3) is 2.20. The van der Waals surface area contributed by atoms with E-state index in [1.807, 2.05) is 0 Å². The lowest BCUT2D eigenvalue weighted by Gasteiger charge is -2.42. The number of aryl methyl sites for hydroxylation is 1. The van der Waals surface area contributed by atoms with Gasteiger partial charge in [0, 0.05) is 10.8 Å². The van der Waals surface area contributed by atoms with Gasteiger partial charge in [0.1, 0.15) is 0 Å². The first kappa shape index (κ1) is 16.9. The Morgan fingerprint density at radius 3 is 2.35 bits per heavy atom. The first-order chi connectivity index (χ1) is 12.3. The van der Waals surface area contributed by atoms with Crippen molar-refractivity contribution in [3.63, 3.8) is 0 Å². The topological polar surface area (TPSA) is 4.93 Å². The van der Waals surface area contributed by atoms with Gasteiger partial charge in [-0.3, -0.25) is 2.78 Å². The zero-order valence-corrected chi connectivity index (χ0v) is 18.3. The molecule has 2 aromatic carbocycles. The van der Waals surface area contributed by atoms with Gasteiger partial charge >= 0.3 is 0 Å². The standard InChI is InChI=1S/C24H26IN/c1-23(2)11-12-24(3,4)19-14-21-17(13-18(19)23)22-16-8-6-5-7-15(16)9-10-20(22)26(21)25/h6,8-10,13-14H,5,7,11-12H2,1-4H3. The Bertz CT molecular complexity index is 1090. The highest BCUT2D eigenvalue weighted by atomic mass is 127. The van der Waals surface area contributed by atoms with Gasteiger partial charge in [0.05, 0.1) is 33.9 Å². The van der Waals surface area contributed by atoms with Crippen LogP contribution in [0.3, 0.4) is 0 Å². The molecule has 0 bridgehead atoms. The zero-order chi connectivity index (χ0) is 18.3. The Labute approximate surface area is 170 Å². The summed E-state index contributed by atoms with van der Waals surface area (Å²) in [7, 11) is 0. The van der Waals surface area contributed by atoms with E-state index in [9.17, 15) is 0 Å². The van der Waals surface area contributed by atoms with Gasteiger partial charge in [0.15, 0.2) is 0 Å². The van der Waals surface area contributed by atoms with Gasteiger partial charge < -0.3 is 0 Å². The number of allylic oxidation sites excluding steroid dienone is 1. The van der Waals surface area contributed by atoms with E-state index < -0.39 is 0 Å². The van der Waals surface area contributed by atoms with Crippen molar-refractivity contribution in [1.82, 2.24) is 2.78 Å². The zero-order valence-electron chi connectivity index (χ0n) is 16.1. The van der Waals surface area contributed by atoms with Crippen LogP contribution in [0, 0.1) is 0 Å².